The maximum Gasteiger partial charge on any atom is 0.224 e. The van der Waals surface area contributed by atoms with Gasteiger partial charge in [0.1, 0.15) is 0 Å². The summed E-state index contributed by atoms with van der Waals surface area (Å²) in [7, 11) is 0. The lowest BCUT2D eigenvalue weighted by molar-refractivity contribution is -0.134. The number of halogens is 2. The fourth-order valence-corrected chi connectivity index (χ4v) is 3.56. The van der Waals surface area contributed by atoms with Crippen molar-refractivity contribution in [2.45, 2.75) is 39.5 Å². The van der Waals surface area contributed by atoms with Crippen LogP contribution in [0.15, 0.2) is 18.2 Å². The van der Waals surface area contributed by atoms with E-state index in [1.807, 2.05) is 11.0 Å². The minimum Gasteiger partial charge on any atom is -0.343 e. The molecule has 1 aromatic rings. The number of carbonyl (C=O) groups excluding carboxylic acids is 2. The summed E-state index contributed by atoms with van der Waals surface area (Å²) in [6.45, 7) is 6.42. The van der Waals surface area contributed by atoms with Gasteiger partial charge < -0.3 is 9.80 Å². The van der Waals surface area contributed by atoms with E-state index in [1.54, 1.807) is 17.0 Å². The van der Waals surface area contributed by atoms with E-state index in [0.29, 0.717) is 41.9 Å². The third-order valence-corrected chi connectivity index (χ3v) is 5.43. The van der Waals surface area contributed by atoms with E-state index in [0.717, 1.165) is 31.5 Å². The zero-order chi connectivity index (χ0) is 18.4. The molecule has 0 radical (unpaired) electrons. The van der Waals surface area contributed by atoms with Crippen LogP contribution in [0.3, 0.4) is 0 Å². The first-order valence-electron chi connectivity index (χ1n) is 8.84. The van der Waals surface area contributed by atoms with Crippen LogP contribution in [0, 0.1) is 5.92 Å². The van der Waals surface area contributed by atoms with Gasteiger partial charge in [0.05, 0.1) is 0 Å². The van der Waals surface area contributed by atoms with E-state index >= 15 is 0 Å². The Bertz CT molecular complexity index is 613. The molecular weight excluding hydrogens is 359 g/mol. The second kappa shape index (κ2) is 9.44. The molecule has 0 saturated carbocycles. The molecule has 0 N–H and O–H groups in total. The van der Waals surface area contributed by atoms with Crippen LogP contribution >= 0.6 is 23.2 Å². The highest BCUT2D eigenvalue weighted by Crippen LogP contribution is 2.21. The Kier molecular flexibility index (Phi) is 7.57. The Hall–Kier alpha value is -1.26. The number of hydrogen-bond donors (Lipinski definition) is 0. The standard InChI is InChI=1S/C19H26Cl2N2O2/c1-14-5-9-23(10-6-14)19(25)8-12-22(15(2)24)11-7-16-3-4-17(20)13-18(16)21/h3-4,13-14H,5-12H2,1-2H3. The second-order valence-electron chi connectivity index (χ2n) is 6.81. The monoisotopic (exact) mass is 384 g/mol. The normalized spacial score (nSPS) is 15.3. The van der Waals surface area contributed by atoms with Crippen molar-refractivity contribution in [3.63, 3.8) is 0 Å². The molecule has 0 unspecified atom stereocenters. The Morgan fingerprint density at radius 1 is 1.20 bits per heavy atom. The summed E-state index contributed by atoms with van der Waals surface area (Å²) < 4.78 is 0. The molecule has 2 rings (SSSR count). The average molecular weight is 385 g/mol. The predicted octanol–water partition coefficient (Wildman–Crippen LogP) is 4.03. The minimum atomic E-state index is -0.0230. The van der Waals surface area contributed by atoms with E-state index in [2.05, 4.69) is 6.92 Å². The highest BCUT2D eigenvalue weighted by molar-refractivity contribution is 6.35. The summed E-state index contributed by atoms with van der Waals surface area (Å²) >= 11 is 12.1. The second-order valence-corrected chi connectivity index (χ2v) is 7.65. The number of nitrogens with zero attached hydrogens (tertiary/aromatic N) is 2. The fraction of sp³-hybridized carbons (Fsp3) is 0.579. The van der Waals surface area contributed by atoms with Crippen LogP contribution in [-0.2, 0) is 16.0 Å². The third kappa shape index (κ3) is 6.19. The highest BCUT2D eigenvalue weighted by Gasteiger charge is 2.21. The molecule has 0 aromatic heterocycles. The van der Waals surface area contributed by atoms with Crippen molar-refractivity contribution in [3.8, 4) is 0 Å². The minimum absolute atomic E-state index is 0.0230. The molecule has 2 amide bonds. The molecule has 6 heteroatoms. The van der Waals surface area contributed by atoms with Crippen molar-refractivity contribution in [3.05, 3.63) is 33.8 Å². The van der Waals surface area contributed by atoms with Gasteiger partial charge in [-0.05, 0) is 42.9 Å². The first-order chi connectivity index (χ1) is 11.9. The molecule has 0 aliphatic carbocycles. The van der Waals surface area contributed by atoms with Crippen LogP contribution in [-0.4, -0.2) is 47.8 Å². The molecule has 0 bridgehead atoms. The van der Waals surface area contributed by atoms with Crippen molar-refractivity contribution >= 4 is 35.0 Å². The van der Waals surface area contributed by atoms with Gasteiger partial charge in [-0.3, -0.25) is 9.59 Å². The van der Waals surface area contributed by atoms with E-state index in [1.165, 1.54) is 6.92 Å². The molecule has 0 spiro atoms. The molecule has 1 aliphatic rings. The van der Waals surface area contributed by atoms with Crippen LogP contribution in [0.5, 0.6) is 0 Å². The van der Waals surface area contributed by atoms with Gasteiger partial charge in [0, 0.05) is 49.6 Å². The Morgan fingerprint density at radius 3 is 2.48 bits per heavy atom. The molecule has 1 aromatic carbocycles. The van der Waals surface area contributed by atoms with Gasteiger partial charge >= 0.3 is 0 Å². The molecule has 1 aliphatic heterocycles. The molecule has 138 valence electrons. The first-order valence-corrected chi connectivity index (χ1v) is 9.59. The summed E-state index contributed by atoms with van der Waals surface area (Å²) in [5.41, 5.74) is 0.952. The number of amides is 2. The maximum absolute atomic E-state index is 12.3. The van der Waals surface area contributed by atoms with Crippen molar-refractivity contribution < 1.29 is 9.59 Å². The third-order valence-electron chi connectivity index (χ3n) is 4.84. The lowest BCUT2D eigenvalue weighted by Crippen LogP contribution is -2.40. The molecule has 1 heterocycles. The summed E-state index contributed by atoms with van der Waals surface area (Å²) in [6, 6.07) is 5.38. The Balaban J connectivity index is 1.84. The van der Waals surface area contributed by atoms with Gasteiger partial charge in [0.2, 0.25) is 11.8 Å². The van der Waals surface area contributed by atoms with Crippen molar-refractivity contribution in [1.82, 2.24) is 9.80 Å². The van der Waals surface area contributed by atoms with E-state index in [9.17, 15) is 9.59 Å². The molecule has 25 heavy (non-hydrogen) atoms. The number of rotatable bonds is 6. The molecule has 0 atom stereocenters. The van der Waals surface area contributed by atoms with Gasteiger partial charge in [-0.25, -0.2) is 0 Å². The van der Waals surface area contributed by atoms with Gasteiger partial charge in [-0.15, -0.1) is 0 Å². The summed E-state index contributed by atoms with van der Waals surface area (Å²) in [6.07, 6.45) is 3.15. The van der Waals surface area contributed by atoms with Crippen LogP contribution in [0.2, 0.25) is 10.0 Å². The van der Waals surface area contributed by atoms with Crippen LogP contribution in [0.4, 0.5) is 0 Å². The molecule has 1 saturated heterocycles. The number of likely N-dealkylation sites (tertiary alicyclic amines) is 1. The molecule has 1 fully saturated rings. The van der Waals surface area contributed by atoms with Crippen LogP contribution in [0.1, 0.15) is 38.7 Å². The SMILES string of the molecule is CC(=O)N(CCC(=O)N1CCC(C)CC1)CCc1ccc(Cl)cc1Cl. The van der Waals surface area contributed by atoms with Crippen molar-refractivity contribution in [2.75, 3.05) is 26.2 Å². The smallest absolute Gasteiger partial charge is 0.224 e. The summed E-state index contributed by atoms with van der Waals surface area (Å²) in [4.78, 5) is 27.9. The van der Waals surface area contributed by atoms with E-state index in [-0.39, 0.29) is 11.8 Å². The van der Waals surface area contributed by atoms with Gasteiger partial charge in [-0.1, -0.05) is 36.2 Å². The lowest BCUT2D eigenvalue weighted by atomic mass is 9.99. The number of hydrogen-bond acceptors (Lipinski definition) is 2. The maximum atomic E-state index is 12.3. The van der Waals surface area contributed by atoms with E-state index in [4.69, 9.17) is 23.2 Å². The zero-order valence-electron chi connectivity index (χ0n) is 14.9. The Morgan fingerprint density at radius 2 is 1.88 bits per heavy atom. The van der Waals surface area contributed by atoms with E-state index < -0.39 is 0 Å². The average Bonchev–Trinajstić information content (AvgIpc) is 2.56. The van der Waals surface area contributed by atoms with Gasteiger partial charge in [0.25, 0.3) is 0 Å². The lowest BCUT2D eigenvalue weighted by Gasteiger charge is -2.31. The fourth-order valence-electron chi connectivity index (χ4n) is 3.05. The zero-order valence-corrected chi connectivity index (χ0v) is 16.4. The number of benzene rings is 1. The first kappa shape index (κ1) is 20.1. The predicted molar refractivity (Wildman–Crippen MR) is 102 cm³/mol. The van der Waals surface area contributed by atoms with Gasteiger partial charge in [-0.2, -0.15) is 0 Å². The van der Waals surface area contributed by atoms with Crippen molar-refractivity contribution in [2.24, 2.45) is 5.92 Å². The van der Waals surface area contributed by atoms with Gasteiger partial charge in [0.15, 0.2) is 0 Å². The van der Waals surface area contributed by atoms with Crippen molar-refractivity contribution in [1.29, 1.82) is 0 Å². The Labute approximate surface area is 160 Å². The van der Waals surface area contributed by atoms with Crippen LogP contribution < -0.4 is 0 Å². The summed E-state index contributed by atoms with van der Waals surface area (Å²) in [5, 5.41) is 1.20. The highest BCUT2D eigenvalue weighted by atomic mass is 35.5. The van der Waals surface area contributed by atoms with Crippen LogP contribution in [0.25, 0.3) is 0 Å². The molecular formula is C19H26Cl2N2O2. The summed E-state index contributed by atoms with van der Waals surface area (Å²) in [5.74, 6) is 0.815. The number of piperidine rings is 1. The largest absolute Gasteiger partial charge is 0.343 e. The molecule has 4 nitrogen and oxygen atoms in total. The number of carbonyl (C=O) groups is 2. The quantitative estimate of drug-likeness (QED) is 0.742. The topological polar surface area (TPSA) is 40.6 Å².